The highest BCUT2D eigenvalue weighted by atomic mass is 32.1. The van der Waals surface area contributed by atoms with Gasteiger partial charge in [0.15, 0.2) is 0 Å². The molecule has 3 heteroatoms. The lowest BCUT2D eigenvalue weighted by Gasteiger charge is -2.27. The van der Waals surface area contributed by atoms with Crippen LogP contribution in [0.1, 0.15) is 41.7 Å². The van der Waals surface area contributed by atoms with Gasteiger partial charge in [-0.25, -0.2) is 0 Å². The molecule has 0 saturated heterocycles. The Hall–Kier alpha value is -1.61. The van der Waals surface area contributed by atoms with Gasteiger partial charge in [-0.3, -0.25) is 4.79 Å². The fraction of sp³-hybridized carbons (Fsp3) is 0.421. The fourth-order valence-corrected chi connectivity index (χ4v) is 3.98. The van der Waals surface area contributed by atoms with E-state index in [2.05, 4.69) is 41.8 Å². The number of aryl methyl sites for hydroxylation is 1. The Balaban J connectivity index is 1.35. The van der Waals surface area contributed by atoms with Crippen LogP contribution in [0.5, 0.6) is 0 Å². The minimum absolute atomic E-state index is 0.332. The first-order valence-electron chi connectivity index (χ1n) is 8.20. The van der Waals surface area contributed by atoms with E-state index in [1.165, 1.54) is 22.4 Å². The zero-order valence-electron chi connectivity index (χ0n) is 13.0. The average molecular weight is 313 g/mol. The maximum atomic E-state index is 12.3. The van der Waals surface area contributed by atoms with Crippen molar-refractivity contribution in [2.24, 2.45) is 0 Å². The molecule has 1 aromatic carbocycles. The lowest BCUT2D eigenvalue weighted by atomic mass is 10.1. The van der Waals surface area contributed by atoms with Gasteiger partial charge in [0.1, 0.15) is 0 Å². The lowest BCUT2D eigenvalue weighted by Crippen LogP contribution is -2.35. The highest BCUT2D eigenvalue weighted by Gasteiger charge is 2.20. The van der Waals surface area contributed by atoms with Crippen LogP contribution in [0.15, 0.2) is 41.8 Å². The molecule has 0 spiro atoms. The fourth-order valence-electron chi connectivity index (χ4n) is 3.03. The van der Waals surface area contributed by atoms with Crippen molar-refractivity contribution in [3.63, 3.8) is 0 Å². The molecule has 0 fully saturated rings. The monoisotopic (exact) mass is 313 g/mol. The topological polar surface area (TPSA) is 20.3 Å². The van der Waals surface area contributed by atoms with Gasteiger partial charge in [0, 0.05) is 17.8 Å². The molecule has 1 aliphatic rings. The van der Waals surface area contributed by atoms with Crippen LogP contribution in [-0.4, -0.2) is 17.4 Å². The van der Waals surface area contributed by atoms with Gasteiger partial charge < -0.3 is 4.90 Å². The Kier molecular flexibility index (Phi) is 5.28. The second-order valence-electron chi connectivity index (χ2n) is 5.98. The molecule has 116 valence electrons. The summed E-state index contributed by atoms with van der Waals surface area (Å²) in [6.07, 6.45) is 6.18. The zero-order chi connectivity index (χ0) is 15.2. The number of fused-ring (bicyclic) bond motifs is 1. The number of carbonyl (C=O) groups is 1. The summed E-state index contributed by atoms with van der Waals surface area (Å²) in [5.41, 5.74) is 2.84. The van der Waals surface area contributed by atoms with Gasteiger partial charge in [-0.15, -0.1) is 11.3 Å². The van der Waals surface area contributed by atoms with E-state index in [0.717, 1.165) is 38.8 Å². The number of benzene rings is 1. The Bertz CT molecular complexity index is 605. The van der Waals surface area contributed by atoms with Crippen LogP contribution >= 0.6 is 11.3 Å². The van der Waals surface area contributed by atoms with E-state index in [0.29, 0.717) is 12.3 Å². The van der Waals surface area contributed by atoms with Gasteiger partial charge in [-0.05, 0) is 48.3 Å². The Labute approximate surface area is 136 Å². The Morgan fingerprint density at radius 2 is 1.95 bits per heavy atom. The predicted molar refractivity (Wildman–Crippen MR) is 92.1 cm³/mol. The first kappa shape index (κ1) is 15.3. The SMILES string of the molecule is O=C(CCCCCc1ccccc1)N1CCc2ccsc2C1. The summed E-state index contributed by atoms with van der Waals surface area (Å²) in [7, 11) is 0. The second kappa shape index (κ2) is 7.59. The summed E-state index contributed by atoms with van der Waals surface area (Å²) in [6, 6.07) is 12.8. The molecule has 0 N–H and O–H groups in total. The number of hydrogen-bond acceptors (Lipinski definition) is 2. The van der Waals surface area contributed by atoms with Gasteiger partial charge in [-0.2, -0.15) is 0 Å². The number of unbranched alkanes of at least 4 members (excludes halogenated alkanes) is 2. The molecule has 1 aromatic heterocycles. The van der Waals surface area contributed by atoms with Crippen LogP contribution in [0, 0.1) is 0 Å². The van der Waals surface area contributed by atoms with E-state index < -0.39 is 0 Å². The van der Waals surface area contributed by atoms with Gasteiger partial charge in [0.25, 0.3) is 0 Å². The van der Waals surface area contributed by atoms with E-state index >= 15 is 0 Å². The Morgan fingerprint density at radius 3 is 2.82 bits per heavy atom. The maximum Gasteiger partial charge on any atom is 0.222 e. The van der Waals surface area contributed by atoms with E-state index in [-0.39, 0.29) is 0 Å². The molecule has 3 rings (SSSR count). The van der Waals surface area contributed by atoms with Gasteiger partial charge in [0.2, 0.25) is 5.91 Å². The van der Waals surface area contributed by atoms with Gasteiger partial charge in [-0.1, -0.05) is 36.8 Å². The van der Waals surface area contributed by atoms with Crippen molar-refractivity contribution in [2.45, 2.75) is 45.1 Å². The summed E-state index contributed by atoms with van der Waals surface area (Å²) in [5.74, 6) is 0.332. The van der Waals surface area contributed by atoms with Crippen LogP contribution in [-0.2, 0) is 24.2 Å². The highest BCUT2D eigenvalue weighted by Crippen LogP contribution is 2.24. The minimum Gasteiger partial charge on any atom is -0.337 e. The largest absolute Gasteiger partial charge is 0.337 e. The standard InChI is InChI=1S/C19H23NOS/c21-19(20-13-11-17-12-14-22-18(17)15-20)10-6-2-5-9-16-7-3-1-4-8-16/h1,3-4,7-8,12,14H,2,5-6,9-11,13,15H2. The summed E-state index contributed by atoms with van der Waals surface area (Å²) in [6.45, 7) is 1.72. The van der Waals surface area contributed by atoms with Crippen LogP contribution in [0.3, 0.4) is 0 Å². The Morgan fingerprint density at radius 1 is 1.09 bits per heavy atom. The number of amides is 1. The molecule has 0 atom stereocenters. The number of nitrogens with zero attached hydrogens (tertiary/aromatic N) is 1. The van der Waals surface area contributed by atoms with Crippen molar-refractivity contribution < 1.29 is 4.79 Å². The molecular weight excluding hydrogens is 290 g/mol. The molecular formula is C19H23NOS. The highest BCUT2D eigenvalue weighted by molar-refractivity contribution is 7.10. The van der Waals surface area contributed by atoms with Crippen LogP contribution in [0.4, 0.5) is 0 Å². The summed E-state index contributed by atoms with van der Waals surface area (Å²) < 4.78 is 0. The van der Waals surface area contributed by atoms with Crippen molar-refractivity contribution >= 4 is 17.2 Å². The molecule has 2 heterocycles. The van der Waals surface area contributed by atoms with Crippen LogP contribution < -0.4 is 0 Å². The quantitative estimate of drug-likeness (QED) is 0.722. The molecule has 2 aromatic rings. The molecule has 1 amide bonds. The van der Waals surface area contributed by atoms with E-state index in [4.69, 9.17) is 0 Å². The van der Waals surface area contributed by atoms with E-state index in [1.807, 2.05) is 4.90 Å². The number of carbonyl (C=O) groups excluding carboxylic acids is 1. The summed E-state index contributed by atoms with van der Waals surface area (Å²) >= 11 is 1.78. The molecule has 0 radical (unpaired) electrons. The summed E-state index contributed by atoms with van der Waals surface area (Å²) in [5, 5.41) is 2.14. The first-order valence-corrected chi connectivity index (χ1v) is 9.08. The van der Waals surface area contributed by atoms with Gasteiger partial charge in [0.05, 0.1) is 6.54 Å². The maximum absolute atomic E-state index is 12.3. The smallest absolute Gasteiger partial charge is 0.222 e. The minimum atomic E-state index is 0.332. The molecule has 1 aliphatic heterocycles. The second-order valence-corrected chi connectivity index (χ2v) is 6.98. The summed E-state index contributed by atoms with van der Waals surface area (Å²) in [4.78, 5) is 15.7. The third-order valence-electron chi connectivity index (χ3n) is 4.37. The van der Waals surface area contributed by atoms with Gasteiger partial charge >= 0.3 is 0 Å². The predicted octanol–water partition coefficient (Wildman–Crippen LogP) is 4.44. The number of hydrogen-bond donors (Lipinski definition) is 0. The van der Waals surface area contributed by atoms with Crippen molar-refractivity contribution in [3.8, 4) is 0 Å². The van der Waals surface area contributed by atoms with Crippen molar-refractivity contribution in [3.05, 3.63) is 57.8 Å². The van der Waals surface area contributed by atoms with Crippen LogP contribution in [0.2, 0.25) is 0 Å². The van der Waals surface area contributed by atoms with Crippen molar-refractivity contribution in [2.75, 3.05) is 6.54 Å². The number of rotatable bonds is 6. The van der Waals surface area contributed by atoms with E-state index in [1.54, 1.807) is 11.3 Å². The molecule has 0 saturated carbocycles. The van der Waals surface area contributed by atoms with Crippen LogP contribution in [0.25, 0.3) is 0 Å². The normalized spacial score (nSPS) is 13.9. The molecule has 0 bridgehead atoms. The first-order chi connectivity index (χ1) is 10.8. The molecule has 0 unspecified atom stereocenters. The van der Waals surface area contributed by atoms with Crippen molar-refractivity contribution in [1.29, 1.82) is 0 Å². The molecule has 2 nitrogen and oxygen atoms in total. The average Bonchev–Trinajstić information content (AvgIpc) is 3.03. The van der Waals surface area contributed by atoms with Crippen molar-refractivity contribution in [1.82, 2.24) is 4.90 Å². The lowest BCUT2D eigenvalue weighted by molar-refractivity contribution is -0.132. The third kappa shape index (κ3) is 3.98. The van der Waals surface area contributed by atoms with E-state index in [9.17, 15) is 4.79 Å². The molecule has 0 aliphatic carbocycles. The number of thiophene rings is 1. The third-order valence-corrected chi connectivity index (χ3v) is 5.32. The zero-order valence-corrected chi connectivity index (χ0v) is 13.8. The molecule has 22 heavy (non-hydrogen) atoms.